The lowest BCUT2D eigenvalue weighted by molar-refractivity contribution is 1.03. The highest BCUT2D eigenvalue weighted by atomic mass is 35.5. The van der Waals surface area contributed by atoms with Crippen LogP contribution in [0.1, 0.15) is 0 Å². The van der Waals surface area contributed by atoms with Crippen LogP contribution < -0.4 is 0 Å². The minimum Gasteiger partial charge on any atom is -0.137 e. The number of aromatic nitrogens is 2. The topological polar surface area (TPSA) is 25.8 Å². The maximum atomic E-state index is 6.10. The van der Waals surface area contributed by atoms with Crippen LogP contribution in [0.3, 0.4) is 0 Å². The quantitative estimate of drug-likeness (QED) is 0.648. The summed E-state index contributed by atoms with van der Waals surface area (Å²) in [6.07, 6.45) is 0. The zero-order valence-corrected chi connectivity index (χ0v) is 10.8. The molecule has 0 N–H and O–H groups in total. The number of halogens is 2. The first kappa shape index (κ1) is 11.5. The van der Waals surface area contributed by atoms with Gasteiger partial charge < -0.3 is 0 Å². The second kappa shape index (κ2) is 4.56. The minimum absolute atomic E-state index is 0.335. The van der Waals surface area contributed by atoms with Gasteiger partial charge in [0.05, 0.1) is 0 Å². The van der Waals surface area contributed by atoms with Crippen molar-refractivity contribution in [2.45, 2.75) is 0 Å². The van der Waals surface area contributed by atoms with Crippen molar-refractivity contribution >= 4 is 34.0 Å². The van der Waals surface area contributed by atoms with Crippen molar-refractivity contribution in [2.24, 2.45) is 0 Å². The van der Waals surface area contributed by atoms with Crippen molar-refractivity contribution in [1.82, 2.24) is 10.2 Å². The Morgan fingerprint density at radius 2 is 1.56 bits per heavy atom. The molecule has 1 heterocycles. The number of nitrogens with zero attached hydrogens (tertiary/aromatic N) is 2. The summed E-state index contributed by atoms with van der Waals surface area (Å²) in [5.41, 5.74) is 1.81. The molecule has 0 fully saturated rings. The molecule has 18 heavy (non-hydrogen) atoms. The van der Waals surface area contributed by atoms with Gasteiger partial charge in [0.2, 0.25) is 0 Å². The molecule has 1 aromatic heterocycles. The Morgan fingerprint density at radius 1 is 0.778 bits per heavy atom. The van der Waals surface area contributed by atoms with Gasteiger partial charge in [-0.2, -0.15) is 0 Å². The summed E-state index contributed by atoms with van der Waals surface area (Å²) in [6.45, 7) is 0. The van der Waals surface area contributed by atoms with Crippen LogP contribution in [0.25, 0.3) is 21.9 Å². The van der Waals surface area contributed by atoms with E-state index in [4.69, 9.17) is 23.2 Å². The summed E-state index contributed by atoms with van der Waals surface area (Å²) in [7, 11) is 0. The van der Waals surface area contributed by atoms with Gasteiger partial charge in [-0.05, 0) is 22.4 Å². The lowest BCUT2D eigenvalue weighted by Crippen LogP contribution is -1.89. The molecule has 0 amide bonds. The van der Waals surface area contributed by atoms with Crippen LogP contribution in [0.15, 0.2) is 48.5 Å². The van der Waals surface area contributed by atoms with E-state index in [-0.39, 0.29) is 0 Å². The molecule has 0 saturated heterocycles. The van der Waals surface area contributed by atoms with E-state index in [9.17, 15) is 0 Å². The molecule has 0 bridgehead atoms. The van der Waals surface area contributed by atoms with E-state index in [0.29, 0.717) is 10.3 Å². The van der Waals surface area contributed by atoms with Gasteiger partial charge in [0, 0.05) is 5.56 Å². The largest absolute Gasteiger partial charge is 0.159 e. The second-order valence-electron chi connectivity index (χ2n) is 3.90. The average Bonchev–Trinajstić information content (AvgIpc) is 2.41. The van der Waals surface area contributed by atoms with E-state index < -0.39 is 0 Å². The van der Waals surface area contributed by atoms with Crippen molar-refractivity contribution in [3.8, 4) is 11.1 Å². The zero-order chi connectivity index (χ0) is 12.5. The van der Waals surface area contributed by atoms with E-state index in [0.717, 1.165) is 21.9 Å². The van der Waals surface area contributed by atoms with E-state index in [2.05, 4.69) is 28.4 Å². The molecule has 3 rings (SSSR count). The fourth-order valence-corrected chi connectivity index (χ4v) is 2.34. The molecule has 88 valence electrons. The van der Waals surface area contributed by atoms with Crippen molar-refractivity contribution < 1.29 is 0 Å². The highest BCUT2D eigenvalue weighted by Gasteiger charge is 2.09. The number of rotatable bonds is 1. The van der Waals surface area contributed by atoms with Crippen LogP contribution in [-0.4, -0.2) is 10.2 Å². The Hall–Kier alpha value is -1.64. The molecule has 0 radical (unpaired) electrons. The molecule has 4 heteroatoms. The summed E-state index contributed by atoms with van der Waals surface area (Å²) in [4.78, 5) is 0. The zero-order valence-electron chi connectivity index (χ0n) is 9.27. The Labute approximate surface area is 114 Å². The standard InChI is InChI=1S/C14H8Cl2N2/c15-13-8-12(14(16)18-17-13)11-7-3-5-9-4-1-2-6-10(9)11/h1-8H. The lowest BCUT2D eigenvalue weighted by atomic mass is 10.00. The van der Waals surface area contributed by atoms with Gasteiger partial charge >= 0.3 is 0 Å². The van der Waals surface area contributed by atoms with Gasteiger partial charge in [-0.25, -0.2) is 0 Å². The molecular formula is C14H8Cl2N2. The van der Waals surface area contributed by atoms with Crippen molar-refractivity contribution in [3.63, 3.8) is 0 Å². The highest BCUT2D eigenvalue weighted by Crippen LogP contribution is 2.33. The van der Waals surface area contributed by atoms with E-state index in [1.54, 1.807) is 6.07 Å². The molecule has 3 aromatic rings. The van der Waals surface area contributed by atoms with Gasteiger partial charge in [-0.1, -0.05) is 65.7 Å². The summed E-state index contributed by atoms with van der Waals surface area (Å²) < 4.78 is 0. The molecule has 0 saturated carbocycles. The number of benzene rings is 2. The van der Waals surface area contributed by atoms with Crippen LogP contribution in [-0.2, 0) is 0 Å². The van der Waals surface area contributed by atoms with Gasteiger partial charge in [-0.15, -0.1) is 10.2 Å². The fraction of sp³-hybridized carbons (Fsp3) is 0. The molecule has 0 aliphatic carbocycles. The molecule has 2 nitrogen and oxygen atoms in total. The van der Waals surface area contributed by atoms with E-state index in [1.807, 2.05) is 24.3 Å². The fourth-order valence-electron chi connectivity index (χ4n) is 2.00. The lowest BCUT2D eigenvalue weighted by Gasteiger charge is -2.07. The summed E-state index contributed by atoms with van der Waals surface area (Å²) in [6, 6.07) is 15.9. The highest BCUT2D eigenvalue weighted by molar-refractivity contribution is 6.34. The van der Waals surface area contributed by atoms with Crippen LogP contribution in [0, 0.1) is 0 Å². The smallest absolute Gasteiger partial charge is 0.137 e. The molecule has 0 aliphatic heterocycles. The monoisotopic (exact) mass is 274 g/mol. The normalized spacial score (nSPS) is 10.8. The van der Waals surface area contributed by atoms with Crippen molar-refractivity contribution in [2.75, 3.05) is 0 Å². The Bertz CT molecular complexity index is 721. The Kier molecular flexibility index (Phi) is 2.90. The Morgan fingerprint density at radius 3 is 2.44 bits per heavy atom. The number of hydrogen-bond donors (Lipinski definition) is 0. The van der Waals surface area contributed by atoms with Crippen LogP contribution in [0.2, 0.25) is 10.3 Å². The summed E-state index contributed by atoms with van der Waals surface area (Å²) in [5, 5.41) is 10.5. The average molecular weight is 275 g/mol. The SMILES string of the molecule is Clc1cc(-c2cccc3ccccc23)c(Cl)nn1. The third kappa shape index (κ3) is 1.94. The van der Waals surface area contributed by atoms with Gasteiger partial charge in [-0.3, -0.25) is 0 Å². The van der Waals surface area contributed by atoms with Crippen LogP contribution in [0.5, 0.6) is 0 Å². The third-order valence-corrected chi connectivity index (χ3v) is 3.26. The van der Waals surface area contributed by atoms with Gasteiger partial charge in [0.15, 0.2) is 10.3 Å². The Balaban J connectivity index is 2.35. The summed E-state index contributed by atoms with van der Waals surface area (Å²) in [5.74, 6) is 0. The molecule has 0 atom stereocenters. The van der Waals surface area contributed by atoms with Gasteiger partial charge in [0.1, 0.15) is 0 Å². The third-order valence-electron chi connectivity index (χ3n) is 2.80. The molecule has 0 aliphatic rings. The molecule has 2 aromatic carbocycles. The van der Waals surface area contributed by atoms with Crippen LogP contribution >= 0.6 is 23.2 Å². The van der Waals surface area contributed by atoms with Crippen LogP contribution in [0.4, 0.5) is 0 Å². The van der Waals surface area contributed by atoms with Gasteiger partial charge in [0.25, 0.3) is 0 Å². The minimum atomic E-state index is 0.335. The van der Waals surface area contributed by atoms with Crippen molar-refractivity contribution in [3.05, 3.63) is 58.8 Å². The predicted molar refractivity (Wildman–Crippen MR) is 75.0 cm³/mol. The van der Waals surface area contributed by atoms with E-state index >= 15 is 0 Å². The second-order valence-corrected chi connectivity index (χ2v) is 4.64. The predicted octanol–water partition coefficient (Wildman–Crippen LogP) is 4.60. The summed E-state index contributed by atoms with van der Waals surface area (Å²) >= 11 is 12.0. The molecular weight excluding hydrogens is 267 g/mol. The first-order valence-electron chi connectivity index (χ1n) is 5.42. The first-order chi connectivity index (χ1) is 8.75. The molecule has 0 spiro atoms. The van der Waals surface area contributed by atoms with E-state index in [1.165, 1.54) is 0 Å². The number of hydrogen-bond acceptors (Lipinski definition) is 2. The molecule has 0 unspecified atom stereocenters. The number of fused-ring (bicyclic) bond motifs is 1. The van der Waals surface area contributed by atoms with Crippen molar-refractivity contribution in [1.29, 1.82) is 0 Å². The maximum Gasteiger partial charge on any atom is 0.159 e. The first-order valence-corrected chi connectivity index (χ1v) is 6.18. The maximum absolute atomic E-state index is 6.10.